The second-order valence-electron chi connectivity index (χ2n) is 10.8. The second kappa shape index (κ2) is 11.0. The summed E-state index contributed by atoms with van der Waals surface area (Å²) >= 11 is 3.25. The summed E-state index contributed by atoms with van der Waals surface area (Å²) in [7, 11) is 0. The Hall–Kier alpha value is -3.43. The van der Waals surface area contributed by atoms with Crippen molar-refractivity contribution in [2.75, 3.05) is 17.2 Å². The third-order valence-corrected chi connectivity index (χ3v) is 8.95. The van der Waals surface area contributed by atoms with Crippen LogP contribution in [0, 0.1) is 13.8 Å². The van der Waals surface area contributed by atoms with Gasteiger partial charge < -0.3 is 5.32 Å². The maximum absolute atomic E-state index is 13.8. The predicted octanol–water partition coefficient (Wildman–Crippen LogP) is 5.73. The fourth-order valence-corrected chi connectivity index (χ4v) is 6.75. The summed E-state index contributed by atoms with van der Waals surface area (Å²) in [5, 5.41) is 12.3. The van der Waals surface area contributed by atoms with E-state index in [2.05, 4.69) is 67.8 Å². The first-order valence-electron chi connectivity index (χ1n) is 12.9. The molecule has 0 fully saturated rings. The van der Waals surface area contributed by atoms with Crippen molar-refractivity contribution < 1.29 is 9.59 Å². The molecular weight excluding hydrogens is 526 g/mol. The van der Waals surface area contributed by atoms with E-state index in [1.165, 1.54) is 0 Å². The third kappa shape index (κ3) is 5.51. The van der Waals surface area contributed by atoms with Crippen LogP contribution in [0.4, 0.5) is 5.82 Å². The summed E-state index contributed by atoms with van der Waals surface area (Å²) in [6.45, 7) is 10.9. The minimum absolute atomic E-state index is 0.0758. The predicted molar refractivity (Wildman–Crippen MR) is 159 cm³/mol. The van der Waals surface area contributed by atoms with Crippen LogP contribution in [-0.2, 0) is 21.5 Å². The van der Waals surface area contributed by atoms with Gasteiger partial charge in [0.05, 0.1) is 22.4 Å². The molecule has 0 radical (unpaired) electrons. The number of benzene rings is 1. The van der Waals surface area contributed by atoms with E-state index in [1.807, 2.05) is 28.9 Å². The quantitative estimate of drug-likeness (QED) is 0.326. The molecule has 0 unspecified atom stereocenters. The Bertz CT molecular complexity index is 1490. The topological polar surface area (TPSA) is 80.1 Å². The number of pyridine rings is 1. The highest BCUT2D eigenvalue weighted by molar-refractivity contribution is 8.00. The largest absolute Gasteiger partial charge is 0.350 e. The molecule has 4 aromatic rings. The van der Waals surface area contributed by atoms with E-state index < -0.39 is 0 Å². The van der Waals surface area contributed by atoms with Crippen molar-refractivity contribution in [1.82, 2.24) is 20.1 Å². The Balaban J connectivity index is 1.66. The second-order valence-corrected chi connectivity index (χ2v) is 12.7. The van der Waals surface area contributed by atoms with Crippen LogP contribution in [0.25, 0.3) is 5.69 Å². The van der Waals surface area contributed by atoms with Crippen LogP contribution < -0.4 is 10.2 Å². The van der Waals surface area contributed by atoms with E-state index in [-0.39, 0.29) is 34.8 Å². The van der Waals surface area contributed by atoms with Crippen LogP contribution in [0.3, 0.4) is 0 Å². The summed E-state index contributed by atoms with van der Waals surface area (Å²) in [4.78, 5) is 32.7. The molecule has 39 heavy (non-hydrogen) atoms. The molecular formula is C30H33N5O2S2. The van der Waals surface area contributed by atoms with Crippen molar-refractivity contribution in [1.29, 1.82) is 0 Å². The van der Waals surface area contributed by atoms with Crippen LogP contribution in [0.5, 0.6) is 0 Å². The van der Waals surface area contributed by atoms with Gasteiger partial charge in [0.1, 0.15) is 12.4 Å². The Morgan fingerprint density at radius 3 is 2.59 bits per heavy atom. The van der Waals surface area contributed by atoms with Gasteiger partial charge in [-0.2, -0.15) is 16.4 Å². The molecule has 1 aliphatic rings. The first-order chi connectivity index (χ1) is 18.6. The molecule has 2 amide bonds. The molecule has 0 bridgehead atoms. The van der Waals surface area contributed by atoms with Crippen LogP contribution in [0.2, 0.25) is 0 Å². The Morgan fingerprint density at radius 2 is 1.90 bits per heavy atom. The fraction of sp³-hybridized carbons (Fsp3) is 0.333. The fourth-order valence-electron chi connectivity index (χ4n) is 4.79. The molecule has 0 aliphatic carbocycles. The van der Waals surface area contributed by atoms with Crippen LogP contribution in [0.1, 0.15) is 59.5 Å². The number of thiophene rings is 1. The molecule has 1 atom stereocenters. The van der Waals surface area contributed by atoms with Gasteiger partial charge in [-0.05, 0) is 71.1 Å². The number of hydrogen-bond donors (Lipinski definition) is 1. The van der Waals surface area contributed by atoms with Gasteiger partial charge in [-0.1, -0.05) is 32.9 Å². The molecule has 4 heterocycles. The number of hydrogen-bond acceptors (Lipinski definition) is 6. The van der Waals surface area contributed by atoms with Crippen molar-refractivity contribution >= 4 is 40.7 Å². The number of amides is 2. The number of anilines is 1. The lowest BCUT2D eigenvalue weighted by Gasteiger charge is -2.24. The molecule has 7 nitrogen and oxygen atoms in total. The highest BCUT2D eigenvalue weighted by atomic mass is 32.2. The molecule has 0 spiro atoms. The minimum Gasteiger partial charge on any atom is -0.350 e. The molecule has 5 rings (SSSR count). The summed E-state index contributed by atoms with van der Waals surface area (Å²) in [5.41, 5.74) is 6.87. The molecule has 0 saturated carbocycles. The standard InChI is InChI=1S/C30H33N5O2S2/c1-19-7-6-8-23(20(19)2)35-29-26(28(33-35)30(3,4)5)27(22-11-14-38-17-22)39-18-25(37)34(29)16-24(36)32-15-21-9-12-31-13-10-21/h6-14,17,27H,15-16,18H2,1-5H3,(H,32,36)/t27-/m0/s1. The van der Waals surface area contributed by atoms with E-state index in [0.29, 0.717) is 12.4 Å². The molecule has 1 N–H and O–H groups in total. The number of nitrogens with one attached hydrogen (secondary N) is 1. The smallest absolute Gasteiger partial charge is 0.240 e. The highest BCUT2D eigenvalue weighted by Gasteiger charge is 2.40. The zero-order chi connectivity index (χ0) is 27.7. The number of carbonyl (C=O) groups is 2. The molecule has 9 heteroatoms. The number of carbonyl (C=O) groups excluding carboxylic acids is 2. The van der Waals surface area contributed by atoms with Crippen LogP contribution in [0.15, 0.2) is 59.6 Å². The SMILES string of the molecule is Cc1cccc(-n2nc(C(C)(C)C)c3c2N(CC(=O)NCc2ccncc2)C(=O)CS[C@H]3c2ccsc2)c1C. The summed E-state index contributed by atoms with van der Waals surface area (Å²) in [6.07, 6.45) is 3.40. The number of fused-ring (bicyclic) bond motifs is 1. The number of aromatic nitrogens is 3. The summed E-state index contributed by atoms with van der Waals surface area (Å²) < 4.78 is 1.90. The zero-order valence-corrected chi connectivity index (χ0v) is 24.5. The van der Waals surface area contributed by atoms with E-state index >= 15 is 0 Å². The van der Waals surface area contributed by atoms with E-state index in [9.17, 15) is 9.59 Å². The van der Waals surface area contributed by atoms with Crippen LogP contribution in [-0.4, -0.2) is 38.9 Å². The number of nitrogens with zero attached hydrogens (tertiary/aromatic N) is 4. The molecule has 1 aliphatic heterocycles. The van der Waals surface area contributed by atoms with Gasteiger partial charge in [0.2, 0.25) is 11.8 Å². The average molecular weight is 560 g/mol. The van der Waals surface area contributed by atoms with Gasteiger partial charge in [0.25, 0.3) is 0 Å². The Labute approximate surface area is 237 Å². The lowest BCUT2D eigenvalue weighted by Crippen LogP contribution is -2.42. The summed E-state index contributed by atoms with van der Waals surface area (Å²) in [6, 6.07) is 12.0. The van der Waals surface area contributed by atoms with Crippen molar-refractivity contribution in [3.8, 4) is 5.69 Å². The molecule has 1 aromatic carbocycles. The van der Waals surface area contributed by atoms with Crippen molar-refractivity contribution in [2.24, 2.45) is 0 Å². The monoisotopic (exact) mass is 559 g/mol. The van der Waals surface area contributed by atoms with E-state index in [0.717, 1.165) is 39.2 Å². The van der Waals surface area contributed by atoms with Gasteiger partial charge in [0.15, 0.2) is 0 Å². The minimum atomic E-state index is -0.287. The van der Waals surface area contributed by atoms with Gasteiger partial charge in [-0.15, -0.1) is 11.8 Å². The van der Waals surface area contributed by atoms with Crippen molar-refractivity contribution in [2.45, 2.75) is 51.8 Å². The normalized spacial score (nSPS) is 15.7. The molecule has 3 aromatic heterocycles. The van der Waals surface area contributed by atoms with Crippen molar-refractivity contribution in [3.05, 3.63) is 93.1 Å². The molecule has 202 valence electrons. The van der Waals surface area contributed by atoms with Gasteiger partial charge >= 0.3 is 0 Å². The molecule has 0 saturated heterocycles. The van der Waals surface area contributed by atoms with Crippen molar-refractivity contribution in [3.63, 3.8) is 0 Å². The van der Waals surface area contributed by atoms with Gasteiger partial charge in [-0.25, -0.2) is 4.68 Å². The third-order valence-electron chi connectivity index (χ3n) is 6.99. The summed E-state index contributed by atoms with van der Waals surface area (Å²) in [5.74, 6) is 0.614. The lowest BCUT2D eigenvalue weighted by atomic mass is 9.87. The van der Waals surface area contributed by atoms with E-state index in [1.54, 1.807) is 40.4 Å². The number of aryl methyl sites for hydroxylation is 1. The lowest BCUT2D eigenvalue weighted by molar-refractivity contribution is -0.123. The van der Waals surface area contributed by atoms with Crippen LogP contribution >= 0.6 is 23.1 Å². The average Bonchev–Trinajstić information content (AvgIpc) is 3.55. The zero-order valence-electron chi connectivity index (χ0n) is 22.9. The maximum Gasteiger partial charge on any atom is 0.240 e. The van der Waals surface area contributed by atoms with Gasteiger partial charge in [-0.3, -0.25) is 19.5 Å². The Kier molecular flexibility index (Phi) is 7.64. The first kappa shape index (κ1) is 27.1. The highest BCUT2D eigenvalue weighted by Crippen LogP contribution is 2.49. The maximum atomic E-state index is 13.8. The first-order valence-corrected chi connectivity index (χ1v) is 14.9. The Morgan fingerprint density at radius 1 is 1.13 bits per heavy atom. The van der Waals surface area contributed by atoms with E-state index in [4.69, 9.17) is 5.10 Å². The number of thioether (sulfide) groups is 1. The number of rotatable bonds is 6. The van der Waals surface area contributed by atoms with Gasteiger partial charge in [0, 0.05) is 29.9 Å².